The summed E-state index contributed by atoms with van der Waals surface area (Å²) < 4.78 is 7.69. The highest BCUT2D eigenvalue weighted by molar-refractivity contribution is 5.83. The van der Waals surface area contributed by atoms with Crippen molar-refractivity contribution >= 4 is 11.8 Å². The largest absolute Gasteiger partial charge is 0.491 e. The minimum atomic E-state index is -0.344. The van der Waals surface area contributed by atoms with E-state index in [4.69, 9.17) is 4.74 Å². The van der Waals surface area contributed by atoms with Crippen molar-refractivity contribution in [3.05, 3.63) is 42.5 Å². The maximum absolute atomic E-state index is 13.2. The second-order valence-corrected chi connectivity index (χ2v) is 9.34. The Hall–Kier alpha value is -2.94. The van der Waals surface area contributed by atoms with Crippen LogP contribution in [0.1, 0.15) is 44.1 Å². The molecule has 2 aromatic rings. The lowest BCUT2D eigenvalue weighted by Gasteiger charge is -2.40. The van der Waals surface area contributed by atoms with Crippen LogP contribution in [0.25, 0.3) is 0 Å². The van der Waals surface area contributed by atoms with Gasteiger partial charge in [-0.1, -0.05) is 24.6 Å². The zero-order chi connectivity index (χ0) is 23.6. The average Bonchev–Trinajstić information content (AvgIpc) is 3.37. The first-order valence-electron chi connectivity index (χ1n) is 12.5. The number of likely N-dealkylation sites (tertiary alicyclic amines) is 1. The fourth-order valence-electron chi connectivity index (χ4n) is 4.95. The van der Waals surface area contributed by atoms with Crippen molar-refractivity contribution in [3.63, 3.8) is 0 Å². The fraction of sp³-hybridized carbons (Fsp3) is 0.600. The zero-order valence-corrected chi connectivity index (χ0v) is 19.9. The smallest absolute Gasteiger partial charge is 0.234 e. The molecule has 0 atom stereocenters. The van der Waals surface area contributed by atoms with Crippen LogP contribution in [-0.4, -0.2) is 70.8 Å². The number of benzene rings is 1. The molecule has 4 rings (SSSR count). The molecule has 2 amide bonds. The van der Waals surface area contributed by atoms with Crippen LogP contribution < -0.4 is 15.4 Å². The standard InChI is InChI=1S/C25H36N6O3/c32-23(27-12-5-14-31-20-26-19-29-31)18-30-15-10-25(11-16-30)9-4-3-7-21-6-1-2-8-22(21)34-17-13-28-24(25)33/h1-2,6,8,19-20H,3-5,7,9-18H2,(H,27,32)(H,28,33). The number of ether oxygens (including phenoxy) is 1. The Labute approximate surface area is 201 Å². The third kappa shape index (κ3) is 6.56. The van der Waals surface area contributed by atoms with Crippen molar-refractivity contribution in [1.82, 2.24) is 30.3 Å². The van der Waals surface area contributed by atoms with Crippen LogP contribution in [0, 0.1) is 5.41 Å². The summed E-state index contributed by atoms with van der Waals surface area (Å²) in [5.41, 5.74) is 0.898. The highest BCUT2D eigenvalue weighted by Gasteiger charge is 2.40. The number of amides is 2. The van der Waals surface area contributed by atoms with Gasteiger partial charge in [0.15, 0.2) is 0 Å². The average molecular weight is 469 g/mol. The topological polar surface area (TPSA) is 101 Å². The Morgan fingerprint density at radius 1 is 1.18 bits per heavy atom. The van der Waals surface area contributed by atoms with E-state index in [1.807, 2.05) is 12.1 Å². The van der Waals surface area contributed by atoms with Crippen molar-refractivity contribution in [2.75, 3.05) is 39.3 Å². The predicted octanol–water partition coefficient (Wildman–Crippen LogP) is 1.79. The second-order valence-electron chi connectivity index (χ2n) is 9.34. The highest BCUT2D eigenvalue weighted by atomic mass is 16.5. The normalized spacial score (nSPS) is 19.2. The lowest BCUT2D eigenvalue weighted by atomic mass is 9.73. The molecule has 34 heavy (non-hydrogen) atoms. The van der Waals surface area contributed by atoms with Crippen LogP contribution >= 0.6 is 0 Å². The first-order valence-corrected chi connectivity index (χ1v) is 12.5. The summed E-state index contributed by atoms with van der Waals surface area (Å²) in [6, 6.07) is 8.19. The minimum absolute atomic E-state index is 0.0356. The summed E-state index contributed by atoms with van der Waals surface area (Å²) in [5.74, 6) is 1.10. The van der Waals surface area contributed by atoms with Crippen molar-refractivity contribution in [2.24, 2.45) is 5.41 Å². The van der Waals surface area contributed by atoms with Crippen molar-refractivity contribution in [2.45, 2.75) is 51.5 Å². The van der Waals surface area contributed by atoms with Crippen molar-refractivity contribution in [3.8, 4) is 5.75 Å². The number of aromatic nitrogens is 3. The Kier molecular flexibility index (Phi) is 8.51. The molecule has 1 spiro atoms. The number of hydrogen-bond acceptors (Lipinski definition) is 6. The summed E-state index contributed by atoms with van der Waals surface area (Å²) in [5, 5.41) is 10.2. The molecule has 9 heteroatoms. The Morgan fingerprint density at radius 3 is 2.85 bits per heavy atom. The van der Waals surface area contributed by atoms with Gasteiger partial charge in [-0.3, -0.25) is 19.2 Å². The van der Waals surface area contributed by atoms with Crippen molar-refractivity contribution < 1.29 is 14.3 Å². The van der Waals surface area contributed by atoms with E-state index in [9.17, 15) is 9.59 Å². The molecule has 1 saturated heterocycles. The third-order valence-electron chi connectivity index (χ3n) is 6.98. The number of carbonyl (C=O) groups excluding carboxylic acids is 2. The molecule has 2 aliphatic rings. The molecule has 1 fully saturated rings. The van der Waals surface area contributed by atoms with E-state index < -0.39 is 0 Å². The molecule has 0 radical (unpaired) electrons. The summed E-state index contributed by atoms with van der Waals surface area (Å²) in [4.78, 5) is 31.6. The van der Waals surface area contributed by atoms with Gasteiger partial charge in [0.1, 0.15) is 25.0 Å². The van der Waals surface area contributed by atoms with Gasteiger partial charge in [0.2, 0.25) is 11.8 Å². The summed E-state index contributed by atoms with van der Waals surface area (Å²) in [6.45, 7) is 4.24. The monoisotopic (exact) mass is 468 g/mol. The molecule has 0 saturated carbocycles. The van der Waals surface area contributed by atoms with Gasteiger partial charge in [0, 0.05) is 13.1 Å². The van der Waals surface area contributed by atoms with Crippen LogP contribution in [0.5, 0.6) is 5.75 Å². The van der Waals surface area contributed by atoms with Crippen LogP contribution in [-0.2, 0) is 22.6 Å². The van der Waals surface area contributed by atoms with Gasteiger partial charge >= 0.3 is 0 Å². The van der Waals surface area contributed by atoms with Crippen LogP contribution in [0.15, 0.2) is 36.9 Å². The third-order valence-corrected chi connectivity index (χ3v) is 6.98. The molecule has 1 aromatic carbocycles. The van der Waals surface area contributed by atoms with Crippen LogP contribution in [0.2, 0.25) is 0 Å². The van der Waals surface area contributed by atoms with Gasteiger partial charge < -0.3 is 15.4 Å². The number of carbonyl (C=O) groups is 2. The molecule has 1 aromatic heterocycles. The van der Waals surface area contributed by atoms with Gasteiger partial charge in [-0.05, 0) is 63.2 Å². The summed E-state index contributed by atoms with van der Waals surface area (Å²) in [6.07, 6.45) is 9.48. The Bertz CT molecular complexity index is 924. The van der Waals surface area contributed by atoms with Gasteiger partial charge in [-0.15, -0.1) is 0 Å². The number of rotatable bonds is 6. The van der Waals surface area contributed by atoms with E-state index in [0.717, 1.165) is 70.3 Å². The Balaban J connectivity index is 1.23. The quantitative estimate of drug-likeness (QED) is 0.627. The number of aryl methyl sites for hydroxylation is 2. The molecule has 2 aliphatic heterocycles. The molecular weight excluding hydrogens is 432 g/mol. The molecule has 184 valence electrons. The number of fused-ring (bicyclic) bond motifs is 1. The predicted molar refractivity (Wildman–Crippen MR) is 128 cm³/mol. The molecule has 0 bridgehead atoms. The van der Waals surface area contributed by atoms with E-state index in [-0.39, 0.29) is 17.2 Å². The Morgan fingerprint density at radius 2 is 2.03 bits per heavy atom. The van der Waals surface area contributed by atoms with E-state index in [1.165, 1.54) is 11.9 Å². The molecule has 9 nitrogen and oxygen atoms in total. The fourth-order valence-corrected chi connectivity index (χ4v) is 4.95. The van der Waals surface area contributed by atoms with Crippen molar-refractivity contribution in [1.29, 1.82) is 0 Å². The van der Waals surface area contributed by atoms with Gasteiger partial charge in [-0.25, -0.2) is 4.98 Å². The molecular formula is C25H36N6O3. The second kappa shape index (κ2) is 12.0. The summed E-state index contributed by atoms with van der Waals surface area (Å²) >= 11 is 0. The van der Waals surface area contributed by atoms with Gasteiger partial charge in [0.25, 0.3) is 0 Å². The maximum Gasteiger partial charge on any atom is 0.234 e. The molecule has 3 heterocycles. The van der Waals surface area contributed by atoms with E-state index in [1.54, 1.807) is 11.0 Å². The highest BCUT2D eigenvalue weighted by Crippen LogP contribution is 2.37. The maximum atomic E-state index is 13.2. The van der Waals surface area contributed by atoms with Crippen LogP contribution in [0.3, 0.4) is 0 Å². The van der Waals surface area contributed by atoms with Gasteiger partial charge in [-0.2, -0.15) is 5.10 Å². The van der Waals surface area contributed by atoms with E-state index in [2.05, 4.69) is 37.7 Å². The number of piperidine rings is 1. The molecule has 0 unspecified atom stereocenters. The first-order chi connectivity index (χ1) is 16.6. The van der Waals surface area contributed by atoms with E-state index in [0.29, 0.717) is 26.2 Å². The SMILES string of the molecule is O=C(CN1CCC2(CCCCc3ccccc3OCCNC2=O)CC1)NCCCn1cncn1. The zero-order valence-electron chi connectivity index (χ0n) is 19.9. The van der Waals surface area contributed by atoms with Crippen LogP contribution in [0.4, 0.5) is 0 Å². The summed E-state index contributed by atoms with van der Waals surface area (Å²) in [7, 11) is 0. The number of nitrogens with zero attached hydrogens (tertiary/aromatic N) is 4. The minimum Gasteiger partial charge on any atom is -0.491 e. The number of para-hydroxylation sites is 1. The van der Waals surface area contributed by atoms with E-state index >= 15 is 0 Å². The molecule has 0 aliphatic carbocycles. The number of hydrogen-bond donors (Lipinski definition) is 2. The first kappa shape index (κ1) is 24.2. The van der Waals surface area contributed by atoms with Gasteiger partial charge in [0.05, 0.1) is 18.5 Å². The lowest BCUT2D eigenvalue weighted by molar-refractivity contribution is -0.135. The number of nitrogens with one attached hydrogen (secondary N) is 2. The molecule has 2 N–H and O–H groups in total. The lowest BCUT2D eigenvalue weighted by Crippen LogP contribution is -2.51.